The van der Waals surface area contributed by atoms with Crippen LogP contribution in [0, 0.1) is 5.53 Å². The van der Waals surface area contributed by atoms with E-state index in [4.69, 9.17) is 11.1 Å². The third-order valence-corrected chi connectivity index (χ3v) is 2.96. The van der Waals surface area contributed by atoms with E-state index < -0.39 is 0 Å². The van der Waals surface area contributed by atoms with Crippen LogP contribution >= 0.6 is 0 Å². The van der Waals surface area contributed by atoms with Gasteiger partial charge in [0.05, 0.1) is 0 Å². The van der Waals surface area contributed by atoms with Crippen molar-refractivity contribution in [3.63, 3.8) is 0 Å². The summed E-state index contributed by atoms with van der Waals surface area (Å²) in [4.78, 5) is 1.75. The molecular formula is C6H15AlN3. The van der Waals surface area contributed by atoms with Gasteiger partial charge < -0.3 is 0 Å². The Bertz CT molecular complexity index is 75.1. The minimum absolute atomic E-state index is 0.822. The van der Waals surface area contributed by atoms with E-state index in [9.17, 15) is 0 Å². The van der Waals surface area contributed by atoms with Gasteiger partial charge in [-0.05, 0) is 10.4 Å². The highest BCUT2D eigenvalue weighted by Gasteiger charge is 1.84. The summed E-state index contributed by atoms with van der Waals surface area (Å²) in [7, 11) is 0. The summed E-state index contributed by atoms with van der Waals surface area (Å²) in [6.45, 7) is 4.53. The number of hydrogen-bond donors (Lipinski definition) is 1. The van der Waals surface area contributed by atoms with Gasteiger partial charge in [-0.25, -0.2) is 0 Å². The standard InChI is InChI=1S/2C3H7.Al.HN3/c2*1-3-2;;1-3-2/h2*1,3H2,2H3;;1H. The van der Waals surface area contributed by atoms with Crippen molar-refractivity contribution in [2.45, 2.75) is 37.3 Å². The molecule has 10 heavy (non-hydrogen) atoms. The van der Waals surface area contributed by atoms with Crippen LogP contribution in [0.15, 0.2) is 0 Å². The molecule has 0 aromatic carbocycles. The van der Waals surface area contributed by atoms with Crippen LogP contribution in [-0.2, 0) is 0 Å². The lowest BCUT2D eigenvalue weighted by Crippen LogP contribution is -1.84. The van der Waals surface area contributed by atoms with Crippen LogP contribution in [0.25, 0.3) is 10.4 Å². The molecule has 0 aromatic rings. The molecule has 0 saturated carbocycles. The minimum Gasteiger partial charge on any atom is -0.108 e. The van der Waals surface area contributed by atoms with Gasteiger partial charge in [0, 0.05) is 0 Å². The van der Waals surface area contributed by atoms with Gasteiger partial charge in [0.2, 0.25) is 0 Å². The predicted octanol–water partition coefficient (Wildman–Crippen LogP) is 3.22. The van der Waals surface area contributed by atoms with Crippen molar-refractivity contribution in [3.8, 4) is 0 Å². The zero-order valence-corrected chi connectivity index (χ0v) is 7.95. The molecule has 0 heterocycles. The first-order valence-corrected chi connectivity index (χ1v) is 5.29. The maximum Gasteiger partial charge on any atom is 0.199 e. The molecule has 0 unspecified atom stereocenters. The van der Waals surface area contributed by atoms with Crippen molar-refractivity contribution < 1.29 is 0 Å². The van der Waals surface area contributed by atoms with Gasteiger partial charge in [0.1, 0.15) is 0 Å². The predicted molar refractivity (Wildman–Crippen MR) is 45.4 cm³/mol. The van der Waals surface area contributed by atoms with Crippen LogP contribution in [0.2, 0.25) is 10.6 Å². The second-order valence-electron chi connectivity index (χ2n) is 1.97. The normalized spacial score (nSPS) is 7.00. The van der Waals surface area contributed by atoms with Crippen LogP contribution in [0.1, 0.15) is 26.7 Å². The molecule has 3 nitrogen and oxygen atoms in total. The van der Waals surface area contributed by atoms with Crippen molar-refractivity contribution >= 4 is 15.2 Å². The Morgan fingerprint density at radius 1 is 1.30 bits per heavy atom. The molecule has 0 rings (SSSR count). The minimum atomic E-state index is 0.822. The van der Waals surface area contributed by atoms with Gasteiger partial charge in [-0.15, -0.1) is 16.1 Å². The van der Waals surface area contributed by atoms with E-state index in [0.717, 1.165) is 15.2 Å². The molecule has 0 fully saturated rings. The highest BCUT2D eigenvalue weighted by molar-refractivity contribution is 6.35. The third kappa shape index (κ3) is 24.9. The zero-order valence-electron chi connectivity index (χ0n) is 6.80. The van der Waals surface area contributed by atoms with Crippen molar-refractivity contribution in [2.75, 3.05) is 0 Å². The van der Waals surface area contributed by atoms with Crippen LogP contribution < -0.4 is 0 Å². The fourth-order valence-corrected chi connectivity index (χ4v) is 1.66. The monoisotopic (exact) mass is 156 g/mol. The number of hydrogen-bond acceptors (Lipinski definition) is 1. The molecule has 57 valence electrons. The summed E-state index contributed by atoms with van der Waals surface area (Å²) in [5.74, 6) is 0. The highest BCUT2D eigenvalue weighted by Crippen LogP contribution is 1.92. The SMILES string of the molecule is CC[CH2][Al][CH2]CC.[N-]=[N+]=N. The van der Waals surface area contributed by atoms with Gasteiger partial charge >= 0.3 is 0 Å². The zero-order chi connectivity index (χ0) is 8.24. The van der Waals surface area contributed by atoms with Crippen molar-refractivity contribution in [3.05, 3.63) is 10.4 Å². The van der Waals surface area contributed by atoms with Crippen LogP contribution in [0.3, 0.4) is 0 Å². The molecule has 0 aliphatic carbocycles. The molecule has 0 spiro atoms. The first-order valence-electron chi connectivity index (χ1n) is 3.65. The Kier molecular flexibility index (Phi) is 19.9. The molecule has 0 aliphatic rings. The average molecular weight is 156 g/mol. The number of nitrogens with one attached hydrogen (secondary N) is 1. The number of rotatable bonds is 4. The van der Waals surface area contributed by atoms with Gasteiger partial charge in [0.25, 0.3) is 0 Å². The van der Waals surface area contributed by atoms with E-state index in [1.54, 1.807) is 4.91 Å². The quantitative estimate of drug-likeness (QED) is 0.213. The van der Waals surface area contributed by atoms with E-state index in [1.165, 1.54) is 23.4 Å². The Hall–Kier alpha value is -0.158. The maximum absolute atomic E-state index is 6.86. The summed E-state index contributed by atoms with van der Waals surface area (Å²) in [6.07, 6.45) is 2.80. The molecule has 4 heteroatoms. The Morgan fingerprint density at radius 2 is 1.60 bits per heavy atom. The molecule has 0 bridgehead atoms. The summed E-state index contributed by atoms with van der Waals surface area (Å²) in [5, 5.41) is 3.02. The molecule has 0 atom stereocenters. The topological polar surface area (TPSA) is 60.3 Å². The van der Waals surface area contributed by atoms with E-state index in [0.29, 0.717) is 0 Å². The van der Waals surface area contributed by atoms with Gasteiger partial charge in [0.15, 0.2) is 15.2 Å². The Morgan fingerprint density at radius 3 is 1.80 bits per heavy atom. The lowest BCUT2D eigenvalue weighted by molar-refractivity contribution is 1.02. The lowest BCUT2D eigenvalue weighted by Gasteiger charge is -1.87. The Balaban J connectivity index is 0. The second-order valence-corrected chi connectivity index (χ2v) is 3.70. The summed E-state index contributed by atoms with van der Waals surface area (Å²) in [5.41, 5.74) is 12.2. The van der Waals surface area contributed by atoms with Gasteiger partial charge in [-0.3, -0.25) is 0 Å². The van der Waals surface area contributed by atoms with Gasteiger partial charge in [-0.1, -0.05) is 26.7 Å². The van der Waals surface area contributed by atoms with Crippen molar-refractivity contribution in [1.82, 2.24) is 0 Å². The molecule has 0 amide bonds. The van der Waals surface area contributed by atoms with Crippen LogP contribution in [-0.4, -0.2) is 15.2 Å². The van der Waals surface area contributed by atoms with Crippen LogP contribution in [0.5, 0.6) is 0 Å². The molecule has 0 aromatic heterocycles. The van der Waals surface area contributed by atoms with Gasteiger partial charge in [-0.2, -0.15) is 0 Å². The van der Waals surface area contributed by atoms with E-state index in [-0.39, 0.29) is 0 Å². The van der Waals surface area contributed by atoms with Crippen molar-refractivity contribution in [1.29, 1.82) is 5.53 Å². The van der Waals surface area contributed by atoms with Crippen LogP contribution in [0.4, 0.5) is 0 Å². The summed E-state index contributed by atoms with van der Waals surface area (Å²) < 4.78 is 0. The molecule has 1 N–H and O–H groups in total. The van der Waals surface area contributed by atoms with E-state index in [2.05, 4.69) is 13.8 Å². The van der Waals surface area contributed by atoms with E-state index >= 15 is 0 Å². The fraction of sp³-hybridized carbons (Fsp3) is 1.00. The number of nitrogens with zero attached hydrogens (tertiary/aromatic N) is 2. The lowest BCUT2D eigenvalue weighted by atomic mass is 10.6. The molecule has 0 aliphatic heterocycles. The maximum atomic E-state index is 6.86. The summed E-state index contributed by atoms with van der Waals surface area (Å²) >= 11 is 0.822. The first-order chi connectivity index (χ1) is 4.83. The highest BCUT2D eigenvalue weighted by atomic mass is 27.1. The smallest absolute Gasteiger partial charge is 0.108 e. The summed E-state index contributed by atoms with van der Waals surface area (Å²) in [6, 6.07) is 0. The fourth-order valence-electron chi connectivity index (χ4n) is 0.553. The molecular weight excluding hydrogens is 141 g/mol. The van der Waals surface area contributed by atoms with E-state index in [1.807, 2.05) is 0 Å². The molecule has 1 radical (unpaired) electrons. The first kappa shape index (κ1) is 12.5. The van der Waals surface area contributed by atoms with Crippen molar-refractivity contribution in [2.24, 2.45) is 0 Å². The Labute approximate surface area is 68.9 Å². The third-order valence-electron chi connectivity index (χ3n) is 0.986. The molecule has 0 saturated heterocycles. The average Bonchev–Trinajstić information content (AvgIpc) is 1.91. The largest absolute Gasteiger partial charge is 0.199 e. The second kappa shape index (κ2) is 15.9.